The first-order chi connectivity index (χ1) is 24.1. The second-order valence-corrected chi connectivity index (χ2v) is 16.0. The summed E-state index contributed by atoms with van der Waals surface area (Å²) in [5.74, 6) is 1.45. The van der Waals surface area contributed by atoms with Crippen molar-refractivity contribution in [1.29, 1.82) is 0 Å². The van der Waals surface area contributed by atoms with Gasteiger partial charge < -0.3 is 19.3 Å². The first-order valence-corrected chi connectivity index (χ1v) is 18.5. The van der Waals surface area contributed by atoms with Gasteiger partial charge in [0, 0.05) is 54.5 Å². The number of pyridine rings is 1. The first-order valence-electron chi connectivity index (χ1n) is 17.3. The number of piperidine rings is 1. The van der Waals surface area contributed by atoms with Gasteiger partial charge in [0.25, 0.3) is 5.91 Å². The van der Waals surface area contributed by atoms with Crippen LogP contribution in [0, 0.1) is 5.92 Å². The summed E-state index contributed by atoms with van der Waals surface area (Å²) in [5, 5.41) is 2.53. The second kappa shape index (κ2) is 13.2. The van der Waals surface area contributed by atoms with Crippen molar-refractivity contribution < 1.29 is 19.1 Å². The molecule has 0 N–H and O–H groups in total. The summed E-state index contributed by atoms with van der Waals surface area (Å²) in [7, 11) is 0. The summed E-state index contributed by atoms with van der Waals surface area (Å²) >= 11 is 8.22. The Morgan fingerprint density at radius 1 is 0.980 bits per heavy atom. The van der Waals surface area contributed by atoms with Crippen LogP contribution in [0.1, 0.15) is 90.3 Å². The fraction of sp³-hybridized carbons (Fsp3) is 0.421. The number of hydrogen-bond acceptors (Lipinski definition) is 9. The molecule has 12 heteroatoms. The van der Waals surface area contributed by atoms with Crippen LogP contribution in [0.2, 0.25) is 5.15 Å². The summed E-state index contributed by atoms with van der Waals surface area (Å²) in [6.45, 7) is 8.34. The van der Waals surface area contributed by atoms with Crippen molar-refractivity contribution in [2.24, 2.45) is 5.92 Å². The number of thiazole rings is 1. The lowest BCUT2D eigenvalue weighted by molar-refractivity contribution is 0.0184. The van der Waals surface area contributed by atoms with E-state index in [1.807, 2.05) is 56.0 Å². The molecular weight excluding hydrogens is 672 g/mol. The molecule has 50 heavy (non-hydrogen) atoms. The summed E-state index contributed by atoms with van der Waals surface area (Å²) < 4.78 is 12.3. The molecule has 8 rings (SSSR count). The van der Waals surface area contributed by atoms with Crippen molar-refractivity contribution in [2.75, 3.05) is 18.0 Å². The maximum Gasteiger partial charge on any atom is 0.410 e. The zero-order valence-corrected chi connectivity index (χ0v) is 30.0. The van der Waals surface area contributed by atoms with Crippen LogP contribution in [0.3, 0.4) is 0 Å². The van der Waals surface area contributed by atoms with Gasteiger partial charge in [-0.25, -0.2) is 24.7 Å². The van der Waals surface area contributed by atoms with Gasteiger partial charge in [0.1, 0.15) is 16.6 Å². The Bertz CT molecular complexity index is 2100. The second-order valence-electron chi connectivity index (χ2n) is 14.6. The third-order valence-corrected chi connectivity index (χ3v) is 11.0. The average molecular weight is 711 g/mol. The van der Waals surface area contributed by atoms with E-state index >= 15 is 0 Å². The predicted molar refractivity (Wildman–Crippen MR) is 194 cm³/mol. The summed E-state index contributed by atoms with van der Waals surface area (Å²) in [6.07, 6.45) is 7.91. The molecule has 2 aliphatic heterocycles. The van der Waals surface area contributed by atoms with Gasteiger partial charge in [-0.05, 0) is 87.8 Å². The largest absolute Gasteiger partial charge is 0.444 e. The number of fused-ring (bicyclic) bond motifs is 4. The number of amides is 2. The predicted octanol–water partition coefficient (Wildman–Crippen LogP) is 8.23. The molecule has 0 atom stereocenters. The molecule has 1 saturated carbocycles. The minimum atomic E-state index is -0.501. The molecule has 5 heterocycles. The summed E-state index contributed by atoms with van der Waals surface area (Å²) in [5.41, 5.74) is 5.24. The molecule has 0 radical (unpaired) electrons. The monoisotopic (exact) mass is 710 g/mol. The van der Waals surface area contributed by atoms with Gasteiger partial charge in [-0.1, -0.05) is 23.7 Å². The third kappa shape index (κ3) is 6.91. The van der Waals surface area contributed by atoms with Crippen LogP contribution in [0.4, 0.5) is 10.5 Å². The average Bonchev–Trinajstić information content (AvgIpc) is 3.68. The highest BCUT2D eigenvalue weighted by molar-refractivity contribution is 7.18. The minimum Gasteiger partial charge on any atom is -0.444 e. The van der Waals surface area contributed by atoms with Crippen molar-refractivity contribution in [1.82, 2.24) is 24.8 Å². The Labute approximate surface area is 299 Å². The number of rotatable bonds is 7. The molecule has 1 saturated heterocycles. The standard InChI is InChI=1S/C38H39ClN6O4S/c1-38(2,3)49-37(47)44-12-10-22(11-13-44)15-33-42-31-16-26(7-9-32(31)50-33)45(36(46)25-17-40-35(41-18-25)24-5-6-24)19-23-4-8-27-28-20-48-21-29(28)34(39)43-30(27)14-23/h4,7-9,14,16-18,22,24H,5-6,10-13,15,19-21H2,1-3H3. The van der Waals surface area contributed by atoms with E-state index in [9.17, 15) is 9.59 Å². The molecule has 2 fully saturated rings. The lowest BCUT2D eigenvalue weighted by atomic mass is 9.94. The number of aromatic nitrogens is 4. The number of carbonyl (C=O) groups is 2. The van der Waals surface area contributed by atoms with Crippen molar-refractivity contribution >= 4 is 61.7 Å². The molecular formula is C38H39ClN6O4S. The number of likely N-dealkylation sites (tertiary alicyclic amines) is 1. The highest BCUT2D eigenvalue weighted by Crippen LogP contribution is 2.38. The van der Waals surface area contributed by atoms with Gasteiger partial charge in [-0.3, -0.25) is 4.79 Å². The fourth-order valence-electron chi connectivity index (χ4n) is 6.78. The topological polar surface area (TPSA) is 111 Å². The normalized spacial score (nSPS) is 16.6. The van der Waals surface area contributed by atoms with Gasteiger partial charge in [0.15, 0.2) is 0 Å². The molecule has 1 aliphatic carbocycles. The highest BCUT2D eigenvalue weighted by Gasteiger charge is 2.29. The molecule has 2 aromatic carbocycles. The number of benzene rings is 2. The van der Waals surface area contributed by atoms with E-state index in [1.54, 1.807) is 28.6 Å². The Morgan fingerprint density at radius 3 is 2.48 bits per heavy atom. The quantitative estimate of drug-likeness (QED) is 0.155. The van der Waals surface area contributed by atoms with Crippen molar-refractivity contribution in [3.8, 4) is 0 Å². The van der Waals surface area contributed by atoms with Crippen LogP contribution in [0.5, 0.6) is 0 Å². The Kier molecular flexibility index (Phi) is 8.69. The lowest BCUT2D eigenvalue weighted by Gasteiger charge is -2.33. The van der Waals surface area contributed by atoms with Crippen molar-refractivity contribution in [2.45, 2.75) is 84.2 Å². The number of ether oxygens (including phenoxy) is 2. The zero-order chi connectivity index (χ0) is 34.6. The Morgan fingerprint density at radius 2 is 1.74 bits per heavy atom. The molecule has 0 bridgehead atoms. The molecule has 258 valence electrons. The number of anilines is 1. The zero-order valence-electron chi connectivity index (χ0n) is 28.4. The Balaban J connectivity index is 1.04. The first kappa shape index (κ1) is 33.0. The maximum atomic E-state index is 14.2. The van der Waals surface area contributed by atoms with E-state index in [4.69, 9.17) is 26.1 Å². The molecule has 5 aromatic rings. The third-order valence-electron chi connectivity index (χ3n) is 9.62. The van der Waals surface area contributed by atoms with E-state index in [1.165, 1.54) is 0 Å². The summed E-state index contributed by atoms with van der Waals surface area (Å²) in [4.78, 5) is 49.1. The molecule has 10 nitrogen and oxygen atoms in total. The highest BCUT2D eigenvalue weighted by atomic mass is 35.5. The van der Waals surface area contributed by atoms with Gasteiger partial charge in [-0.2, -0.15) is 0 Å². The van der Waals surface area contributed by atoms with E-state index in [0.29, 0.717) is 55.4 Å². The lowest BCUT2D eigenvalue weighted by Crippen LogP contribution is -2.42. The summed E-state index contributed by atoms with van der Waals surface area (Å²) in [6, 6.07) is 12.1. The van der Waals surface area contributed by atoms with E-state index in [2.05, 4.69) is 21.0 Å². The van der Waals surface area contributed by atoms with E-state index in [-0.39, 0.29) is 12.0 Å². The Hall–Kier alpha value is -4.19. The van der Waals surface area contributed by atoms with Crippen molar-refractivity contribution in [3.63, 3.8) is 0 Å². The van der Waals surface area contributed by atoms with E-state index in [0.717, 1.165) is 86.4 Å². The fourth-order valence-corrected chi connectivity index (χ4v) is 8.10. The number of carbonyl (C=O) groups excluding carboxylic acids is 2. The van der Waals surface area contributed by atoms with Crippen LogP contribution >= 0.6 is 22.9 Å². The number of halogens is 1. The van der Waals surface area contributed by atoms with Gasteiger partial charge in [0.05, 0.1) is 46.1 Å². The van der Waals surface area contributed by atoms with Crippen LogP contribution in [-0.2, 0) is 35.7 Å². The molecule has 3 aliphatic rings. The molecule has 0 spiro atoms. The van der Waals surface area contributed by atoms with E-state index < -0.39 is 5.60 Å². The molecule has 2 amide bonds. The maximum absolute atomic E-state index is 14.2. The van der Waals surface area contributed by atoms with Gasteiger partial charge in [0.2, 0.25) is 0 Å². The van der Waals surface area contributed by atoms with Gasteiger partial charge >= 0.3 is 6.09 Å². The number of hydrogen-bond donors (Lipinski definition) is 0. The van der Waals surface area contributed by atoms with Crippen LogP contribution in [0.25, 0.3) is 21.1 Å². The van der Waals surface area contributed by atoms with Crippen LogP contribution in [0.15, 0.2) is 48.8 Å². The van der Waals surface area contributed by atoms with Crippen LogP contribution in [-0.4, -0.2) is 55.5 Å². The molecule has 0 unspecified atom stereocenters. The molecule has 3 aromatic heterocycles. The van der Waals surface area contributed by atoms with Crippen molar-refractivity contribution in [3.05, 3.63) is 87.0 Å². The SMILES string of the molecule is CC(C)(C)OC(=O)N1CCC(Cc2nc3cc(N(Cc4ccc5c6c(c(Cl)nc5c4)COC6)C(=O)c4cnc(C5CC5)nc4)ccc3s2)CC1. The number of nitrogens with zero attached hydrogens (tertiary/aromatic N) is 6. The smallest absolute Gasteiger partial charge is 0.410 e. The van der Waals surface area contributed by atoms with Gasteiger partial charge in [-0.15, -0.1) is 11.3 Å². The minimum absolute atomic E-state index is 0.188. The van der Waals surface area contributed by atoms with Crippen LogP contribution < -0.4 is 4.90 Å².